The van der Waals surface area contributed by atoms with Gasteiger partial charge < -0.3 is 19.5 Å². The highest BCUT2D eigenvalue weighted by Gasteiger charge is 2.26. The maximum absolute atomic E-state index is 13.4. The molecule has 0 saturated carbocycles. The summed E-state index contributed by atoms with van der Waals surface area (Å²) in [5.41, 5.74) is 4.71. The van der Waals surface area contributed by atoms with Crippen molar-refractivity contribution in [1.29, 1.82) is 0 Å². The third-order valence-electron chi connectivity index (χ3n) is 7.42. The number of benzene rings is 2. The van der Waals surface area contributed by atoms with Crippen LogP contribution in [0.2, 0.25) is 0 Å². The van der Waals surface area contributed by atoms with Gasteiger partial charge in [0.2, 0.25) is 5.75 Å². The SMILES string of the molecule is COc1ccnc(C(=O)N[C@@H](C)C(=O)OC(C)=C(c2ccc(C(C)(C)C)cc2)c2ccc(C(C)(C)C)cc2)c1OC(=O)CCSC. The molecule has 1 atom stereocenters. The number of aromatic nitrogens is 1. The Bertz CT molecular complexity index is 1510. The lowest BCUT2D eigenvalue weighted by Gasteiger charge is -2.22. The summed E-state index contributed by atoms with van der Waals surface area (Å²) in [7, 11) is 1.40. The molecule has 0 bridgehead atoms. The van der Waals surface area contributed by atoms with E-state index in [0.29, 0.717) is 11.5 Å². The first-order chi connectivity index (χ1) is 21.6. The molecule has 3 rings (SSSR count). The van der Waals surface area contributed by atoms with Crippen LogP contribution in [-0.2, 0) is 25.2 Å². The first-order valence-electron chi connectivity index (χ1n) is 15.2. The molecule has 0 spiro atoms. The molecule has 1 heterocycles. The van der Waals surface area contributed by atoms with Crippen LogP contribution in [0.1, 0.15) is 94.6 Å². The highest BCUT2D eigenvalue weighted by molar-refractivity contribution is 7.98. The zero-order chi connectivity index (χ0) is 34.2. The number of ether oxygens (including phenoxy) is 3. The van der Waals surface area contributed by atoms with E-state index in [9.17, 15) is 14.4 Å². The van der Waals surface area contributed by atoms with Crippen molar-refractivity contribution in [3.8, 4) is 11.5 Å². The minimum absolute atomic E-state index is 0.0175. The van der Waals surface area contributed by atoms with Gasteiger partial charge in [-0.05, 0) is 53.2 Å². The summed E-state index contributed by atoms with van der Waals surface area (Å²) in [6.07, 6.45) is 3.39. The molecule has 0 saturated heterocycles. The number of amides is 1. The molecule has 1 aromatic heterocycles. The summed E-state index contributed by atoms with van der Waals surface area (Å²) in [6, 6.07) is 16.9. The van der Waals surface area contributed by atoms with Gasteiger partial charge in [-0.25, -0.2) is 9.78 Å². The van der Waals surface area contributed by atoms with Crippen molar-refractivity contribution in [1.82, 2.24) is 10.3 Å². The molecule has 0 fully saturated rings. The van der Waals surface area contributed by atoms with Crippen LogP contribution in [0.5, 0.6) is 11.5 Å². The zero-order valence-corrected chi connectivity index (χ0v) is 29.4. The van der Waals surface area contributed by atoms with Crippen LogP contribution in [0.15, 0.2) is 66.6 Å². The van der Waals surface area contributed by atoms with Gasteiger partial charge in [-0.2, -0.15) is 11.8 Å². The van der Waals surface area contributed by atoms with Gasteiger partial charge in [0.05, 0.1) is 13.5 Å². The molecule has 0 aliphatic rings. The van der Waals surface area contributed by atoms with Gasteiger partial charge in [-0.1, -0.05) is 90.1 Å². The van der Waals surface area contributed by atoms with E-state index in [-0.39, 0.29) is 34.4 Å². The first kappa shape index (κ1) is 36.4. The van der Waals surface area contributed by atoms with Crippen LogP contribution in [0.25, 0.3) is 5.57 Å². The van der Waals surface area contributed by atoms with E-state index in [2.05, 4.69) is 76.1 Å². The number of allylic oxidation sites excluding steroid dienone is 1. The predicted molar refractivity (Wildman–Crippen MR) is 184 cm³/mol. The lowest BCUT2D eigenvalue weighted by molar-refractivity contribution is -0.141. The molecule has 0 unspecified atom stereocenters. The van der Waals surface area contributed by atoms with E-state index in [0.717, 1.165) is 16.7 Å². The number of hydrogen-bond acceptors (Lipinski definition) is 8. The molecule has 2 aromatic carbocycles. The van der Waals surface area contributed by atoms with Gasteiger partial charge >= 0.3 is 11.9 Å². The van der Waals surface area contributed by atoms with Gasteiger partial charge in [-0.15, -0.1) is 0 Å². The molecule has 46 heavy (non-hydrogen) atoms. The largest absolute Gasteiger partial charge is 0.493 e. The monoisotopic (exact) mass is 646 g/mol. The fourth-order valence-electron chi connectivity index (χ4n) is 4.66. The fraction of sp³-hybridized carbons (Fsp3) is 0.405. The summed E-state index contributed by atoms with van der Waals surface area (Å²) in [5, 5.41) is 2.63. The molecular formula is C37H46N2O6S. The van der Waals surface area contributed by atoms with Crippen LogP contribution >= 0.6 is 11.8 Å². The normalized spacial score (nSPS) is 12.1. The molecule has 1 N–H and O–H groups in total. The standard InChI is InChI=1S/C37H46N2O6S/c1-23(39-34(41)32-33(29(43-9)19-21-38-32)45-30(40)20-22-46-10)35(42)44-24(2)31(25-11-15-27(16-12-25)36(3,4)5)26-13-17-28(18-14-26)37(6,7)8/h11-19,21,23H,20,22H2,1-10H3,(H,39,41)/t23-/m0/s1. The van der Waals surface area contributed by atoms with E-state index < -0.39 is 23.9 Å². The number of carbonyl (C=O) groups is 3. The average molecular weight is 647 g/mol. The molecule has 0 aliphatic carbocycles. The molecule has 9 heteroatoms. The number of nitrogens with one attached hydrogen (secondary N) is 1. The van der Waals surface area contributed by atoms with Gasteiger partial charge in [-0.3, -0.25) is 9.59 Å². The summed E-state index contributed by atoms with van der Waals surface area (Å²) in [6.45, 7) is 16.2. The van der Waals surface area contributed by atoms with Crippen LogP contribution in [0.3, 0.4) is 0 Å². The highest BCUT2D eigenvalue weighted by atomic mass is 32.2. The van der Waals surface area contributed by atoms with Crippen molar-refractivity contribution in [2.75, 3.05) is 19.1 Å². The van der Waals surface area contributed by atoms with Crippen LogP contribution in [0, 0.1) is 0 Å². The summed E-state index contributed by atoms with van der Waals surface area (Å²) >= 11 is 1.50. The van der Waals surface area contributed by atoms with Gasteiger partial charge in [0.1, 0.15) is 11.8 Å². The van der Waals surface area contributed by atoms with E-state index >= 15 is 0 Å². The molecule has 3 aromatic rings. The second-order valence-corrected chi connectivity index (χ2v) is 14.1. The van der Waals surface area contributed by atoms with E-state index in [1.165, 1.54) is 49.2 Å². The Hall–Kier alpha value is -4.11. The fourth-order valence-corrected chi connectivity index (χ4v) is 5.03. The molecular weight excluding hydrogens is 600 g/mol. The Kier molecular flexibility index (Phi) is 12.2. The van der Waals surface area contributed by atoms with Crippen molar-refractivity contribution in [2.24, 2.45) is 0 Å². The van der Waals surface area contributed by atoms with E-state index in [1.807, 2.05) is 30.5 Å². The number of pyridine rings is 1. The number of nitrogens with zero attached hydrogens (tertiary/aromatic N) is 1. The lowest BCUT2D eigenvalue weighted by Crippen LogP contribution is -2.40. The second kappa shape index (κ2) is 15.5. The second-order valence-electron chi connectivity index (χ2n) is 13.1. The van der Waals surface area contributed by atoms with E-state index in [4.69, 9.17) is 14.2 Å². The van der Waals surface area contributed by atoms with Crippen molar-refractivity contribution >= 4 is 35.2 Å². The Balaban J connectivity index is 1.91. The molecule has 0 aliphatic heterocycles. The Labute approximate surface area is 277 Å². The summed E-state index contributed by atoms with van der Waals surface area (Å²) < 4.78 is 16.7. The number of esters is 2. The maximum Gasteiger partial charge on any atom is 0.333 e. The molecule has 246 valence electrons. The minimum Gasteiger partial charge on any atom is -0.493 e. The topological polar surface area (TPSA) is 104 Å². The number of methoxy groups -OCH3 is 1. The Morgan fingerprint density at radius 2 is 1.39 bits per heavy atom. The smallest absolute Gasteiger partial charge is 0.333 e. The third-order valence-corrected chi connectivity index (χ3v) is 8.03. The summed E-state index contributed by atoms with van der Waals surface area (Å²) in [4.78, 5) is 43.1. The Morgan fingerprint density at radius 1 is 0.870 bits per heavy atom. The van der Waals surface area contributed by atoms with Crippen LogP contribution < -0.4 is 14.8 Å². The number of carbonyl (C=O) groups excluding carboxylic acids is 3. The number of hydrogen-bond donors (Lipinski definition) is 1. The molecule has 8 nitrogen and oxygen atoms in total. The summed E-state index contributed by atoms with van der Waals surface area (Å²) in [5.74, 6) is -0.892. The van der Waals surface area contributed by atoms with Crippen molar-refractivity contribution in [3.05, 3.63) is 94.5 Å². The van der Waals surface area contributed by atoms with Gasteiger partial charge in [0, 0.05) is 23.6 Å². The van der Waals surface area contributed by atoms with Crippen LogP contribution in [-0.4, -0.2) is 48.0 Å². The van der Waals surface area contributed by atoms with Crippen molar-refractivity contribution in [3.63, 3.8) is 0 Å². The van der Waals surface area contributed by atoms with Gasteiger partial charge in [0.25, 0.3) is 5.91 Å². The Morgan fingerprint density at radius 3 is 1.85 bits per heavy atom. The van der Waals surface area contributed by atoms with Gasteiger partial charge in [0.15, 0.2) is 11.4 Å². The molecule has 0 radical (unpaired) electrons. The lowest BCUT2D eigenvalue weighted by atomic mass is 9.84. The number of rotatable bonds is 11. The quantitative estimate of drug-likeness (QED) is 0.169. The van der Waals surface area contributed by atoms with Crippen molar-refractivity contribution < 1.29 is 28.6 Å². The third kappa shape index (κ3) is 9.45. The molecule has 1 amide bonds. The van der Waals surface area contributed by atoms with E-state index in [1.54, 1.807) is 6.92 Å². The zero-order valence-electron chi connectivity index (χ0n) is 28.6. The maximum atomic E-state index is 13.4. The van der Waals surface area contributed by atoms with Crippen LogP contribution in [0.4, 0.5) is 0 Å². The predicted octanol–water partition coefficient (Wildman–Crippen LogP) is 7.48. The first-order valence-corrected chi connectivity index (χ1v) is 16.6. The van der Waals surface area contributed by atoms with Crippen molar-refractivity contribution in [2.45, 2.75) is 78.7 Å². The average Bonchev–Trinajstić information content (AvgIpc) is 2.99. The number of thioether (sulfide) groups is 1. The minimum atomic E-state index is -1.05. The highest BCUT2D eigenvalue weighted by Crippen LogP contribution is 2.33.